The summed E-state index contributed by atoms with van der Waals surface area (Å²) < 4.78 is 6.03. The highest BCUT2D eigenvalue weighted by Gasteiger charge is 2.30. The van der Waals surface area contributed by atoms with Crippen molar-refractivity contribution in [1.82, 2.24) is 5.32 Å². The zero-order valence-electron chi connectivity index (χ0n) is 22.8. The van der Waals surface area contributed by atoms with Crippen LogP contribution in [-0.4, -0.2) is 31.4 Å². The van der Waals surface area contributed by atoms with Gasteiger partial charge in [0.05, 0.1) is 12.2 Å². The Labute approximate surface area is 235 Å². The Morgan fingerprint density at radius 3 is 2.42 bits per heavy atom. The summed E-state index contributed by atoms with van der Waals surface area (Å²) in [6.45, 7) is 6.69. The van der Waals surface area contributed by atoms with Gasteiger partial charge in [0.15, 0.2) is 11.5 Å². The van der Waals surface area contributed by atoms with Crippen LogP contribution < -0.4 is 19.9 Å². The lowest BCUT2D eigenvalue weighted by molar-refractivity contribution is -0.117. The van der Waals surface area contributed by atoms with Gasteiger partial charge in [-0.3, -0.25) is 14.5 Å². The van der Waals surface area contributed by atoms with E-state index in [2.05, 4.69) is 35.3 Å². The number of para-hydroxylation sites is 3. The fourth-order valence-corrected chi connectivity index (χ4v) is 4.81. The number of fused-ring (bicyclic) bond motifs is 1. The van der Waals surface area contributed by atoms with Gasteiger partial charge in [0, 0.05) is 30.9 Å². The molecule has 0 fully saturated rings. The van der Waals surface area contributed by atoms with Crippen LogP contribution in [0.5, 0.6) is 5.75 Å². The van der Waals surface area contributed by atoms with Crippen molar-refractivity contribution >= 4 is 29.3 Å². The van der Waals surface area contributed by atoms with E-state index in [1.165, 1.54) is 0 Å². The molecule has 2 amide bonds. The SMILES string of the molecule is CCN(CCNC(=O)c1ccc(/C=C2/Oc3ccccc3N(Cc3cccc(C)c3)C2=O)cc1)c1ccccc1. The van der Waals surface area contributed by atoms with Gasteiger partial charge in [-0.2, -0.15) is 0 Å². The molecule has 0 atom stereocenters. The third kappa shape index (κ3) is 6.24. The molecule has 6 nitrogen and oxygen atoms in total. The van der Waals surface area contributed by atoms with Crippen molar-refractivity contribution in [3.05, 3.63) is 131 Å². The highest BCUT2D eigenvalue weighted by atomic mass is 16.5. The van der Waals surface area contributed by atoms with Crippen LogP contribution in [0.2, 0.25) is 0 Å². The lowest BCUT2D eigenvalue weighted by Gasteiger charge is -2.30. The number of hydrogen-bond acceptors (Lipinski definition) is 4. The molecule has 4 aromatic carbocycles. The molecule has 0 spiro atoms. The number of rotatable bonds is 9. The van der Waals surface area contributed by atoms with E-state index in [1.807, 2.05) is 79.7 Å². The van der Waals surface area contributed by atoms with Gasteiger partial charge in [-0.05, 0) is 67.4 Å². The van der Waals surface area contributed by atoms with Crippen LogP contribution in [0, 0.1) is 6.92 Å². The smallest absolute Gasteiger partial charge is 0.294 e. The first-order valence-corrected chi connectivity index (χ1v) is 13.6. The minimum Gasteiger partial charge on any atom is -0.449 e. The zero-order chi connectivity index (χ0) is 27.9. The summed E-state index contributed by atoms with van der Waals surface area (Å²) >= 11 is 0. The fourth-order valence-electron chi connectivity index (χ4n) is 4.81. The maximum absolute atomic E-state index is 13.5. The summed E-state index contributed by atoms with van der Waals surface area (Å²) in [6.07, 6.45) is 1.72. The molecule has 0 bridgehead atoms. The number of nitrogens with one attached hydrogen (secondary N) is 1. The van der Waals surface area contributed by atoms with Gasteiger partial charge in [0.1, 0.15) is 0 Å². The van der Waals surface area contributed by atoms with Crippen LogP contribution in [0.1, 0.15) is 34.0 Å². The molecular formula is C34H33N3O3. The van der Waals surface area contributed by atoms with Crippen LogP contribution in [0.25, 0.3) is 6.08 Å². The molecule has 6 heteroatoms. The van der Waals surface area contributed by atoms with Crippen LogP contribution in [-0.2, 0) is 11.3 Å². The lowest BCUT2D eigenvalue weighted by atomic mass is 10.1. The number of carbonyl (C=O) groups excluding carboxylic acids is 2. The minimum atomic E-state index is -0.207. The Kier molecular flexibility index (Phi) is 8.26. The van der Waals surface area contributed by atoms with Gasteiger partial charge in [-0.1, -0.05) is 72.3 Å². The van der Waals surface area contributed by atoms with Crippen molar-refractivity contribution in [3.8, 4) is 5.75 Å². The molecule has 1 heterocycles. The number of amides is 2. The third-order valence-electron chi connectivity index (χ3n) is 6.90. The van der Waals surface area contributed by atoms with E-state index in [1.54, 1.807) is 23.1 Å². The predicted molar refractivity (Wildman–Crippen MR) is 161 cm³/mol. The van der Waals surface area contributed by atoms with E-state index in [0.717, 1.165) is 41.2 Å². The van der Waals surface area contributed by atoms with Gasteiger partial charge >= 0.3 is 0 Å². The number of carbonyl (C=O) groups is 2. The lowest BCUT2D eigenvalue weighted by Crippen LogP contribution is -2.36. The fraction of sp³-hybridized carbons (Fsp3) is 0.176. The summed E-state index contributed by atoms with van der Waals surface area (Å²) in [5, 5.41) is 3.00. The second-order valence-electron chi connectivity index (χ2n) is 9.75. The van der Waals surface area contributed by atoms with Crippen molar-refractivity contribution in [2.75, 3.05) is 29.4 Å². The van der Waals surface area contributed by atoms with Crippen molar-refractivity contribution in [2.45, 2.75) is 20.4 Å². The molecule has 0 unspecified atom stereocenters. The molecule has 0 radical (unpaired) electrons. The monoisotopic (exact) mass is 531 g/mol. The van der Waals surface area contributed by atoms with Crippen LogP contribution >= 0.6 is 0 Å². The topological polar surface area (TPSA) is 61.9 Å². The molecule has 0 saturated heterocycles. The molecule has 5 rings (SSSR count). The van der Waals surface area contributed by atoms with Gasteiger partial charge in [-0.25, -0.2) is 0 Å². The number of aryl methyl sites for hydroxylation is 1. The van der Waals surface area contributed by atoms with Gasteiger partial charge in [0.2, 0.25) is 0 Å². The highest BCUT2D eigenvalue weighted by molar-refractivity contribution is 6.09. The Bertz CT molecular complexity index is 1510. The largest absolute Gasteiger partial charge is 0.449 e. The predicted octanol–water partition coefficient (Wildman–Crippen LogP) is 6.22. The van der Waals surface area contributed by atoms with Crippen LogP contribution in [0.4, 0.5) is 11.4 Å². The maximum Gasteiger partial charge on any atom is 0.294 e. The summed E-state index contributed by atoms with van der Waals surface area (Å²) in [7, 11) is 0. The van der Waals surface area contributed by atoms with Gasteiger partial charge < -0.3 is 15.0 Å². The Hall–Kier alpha value is -4.84. The third-order valence-corrected chi connectivity index (χ3v) is 6.90. The molecule has 1 aliphatic rings. The Morgan fingerprint density at radius 2 is 1.68 bits per heavy atom. The highest BCUT2D eigenvalue weighted by Crippen LogP contribution is 2.36. The van der Waals surface area contributed by atoms with E-state index in [-0.39, 0.29) is 17.6 Å². The second kappa shape index (κ2) is 12.3. The van der Waals surface area contributed by atoms with Crippen LogP contribution in [0.3, 0.4) is 0 Å². The van der Waals surface area contributed by atoms with E-state index in [4.69, 9.17) is 4.74 Å². The summed E-state index contributed by atoms with van der Waals surface area (Å²) in [6, 6.07) is 33.0. The summed E-state index contributed by atoms with van der Waals surface area (Å²) in [5.41, 5.74) is 5.40. The second-order valence-corrected chi connectivity index (χ2v) is 9.75. The Morgan fingerprint density at radius 1 is 0.925 bits per heavy atom. The van der Waals surface area contributed by atoms with E-state index in [9.17, 15) is 9.59 Å². The molecular weight excluding hydrogens is 498 g/mol. The molecule has 40 heavy (non-hydrogen) atoms. The summed E-state index contributed by atoms with van der Waals surface area (Å²) in [5.74, 6) is 0.533. The van der Waals surface area contributed by atoms with E-state index < -0.39 is 0 Å². The number of likely N-dealkylation sites (N-methyl/N-ethyl adjacent to an activating group) is 1. The molecule has 202 valence electrons. The van der Waals surface area contributed by atoms with Crippen molar-refractivity contribution < 1.29 is 14.3 Å². The molecule has 4 aromatic rings. The molecule has 0 aliphatic carbocycles. The van der Waals surface area contributed by atoms with E-state index in [0.29, 0.717) is 24.4 Å². The standard InChI is InChI=1S/C34H33N3O3/c1-3-36(29-12-5-4-6-13-29)21-20-35-33(38)28-18-16-26(17-19-28)23-32-34(39)37(24-27-11-9-10-25(2)22-27)30-14-7-8-15-31(30)40-32/h4-19,22-23H,3,20-21,24H2,1-2H3,(H,35,38)/b32-23+. The number of anilines is 2. The summed E-state index contributed by atoms with van der Waals surface area (Å²) in [4.78, 5) is 30.2. The van der Waals surface area contributed by atoms with Crippen LogP contribution in [0.15, 0.2) is 109 Å². The number of ether oxygens (including phenoxy) is 1. The maximum atomic E-state index is 13.5. The zero-order valence-corrected chi connectivity index (χ0v) is 22.8. The molecule has 1 N–H and O–H groups in total. The average molecular weight is 532 g/mol. The molecule has 1 aliphatic heterocycles. The van der Waals surface area contributed by atoms with Crippen molar-refractivity contribution in [1.29, 1.82) is 0 Å². The van der Waals surface area contributed by atoms with Crippen molar-refractivity contribution in [2.24, 2.45) is 0 Å². The first kappa shape index (κ1) is 26.8. The minimum absolute atomic E-state index is 0.133. The Balaban J connectivity index is 1.26. The quantitative estimate of drug-likeness (QED) is 0.261. The molecule has 0 saturated carbocycles. The average Bonchev–Trinajstić information content (AvgIpc) is 2.98. The van der Waals surface area contributed by atoms with Crippen molar-refractivity contribution in [3.63, 3.8) is 0 Å². The first-order chi connectivity index (χ1) is 19.5. The number of hydrogen-bond donors (Lipinski definition) is 1. The normalized spacial score (nSPS) is 13.5. The first-order valence-electron chi connectivity index (χ1n) is 13.6. The number of benzene rings is 4. The van der Waals surface area contributed by atoms with E-state index >= 15 is 0 Å². The van der Waals surface area contributed by atoms with Gasteiger partial charge in [-0.15, -0.1) is 0 Å². The van der Waals surface area contributed by atoms with Gasteiger partial charge in [0.25, 0.3) is 11.8 Å². The molecule has 0 aromatic heterocycles. The number of nitrogens with zero attached hydrogens (tertiary/aromatic N) is 2.